The minimum absolute atomic E-state index is 0.639. The highest BCUT2D eigenvalue weighted by molar-refractivity contribution is 5.73. The normalized spacial score (nSPS) is 14.3. The maximum absolute atomic E-state index is 5.48. The first-order valence-corrected chi connectivity index (χ1v) is 9.58. The summed E-state index contributed by atoms with van der Waals surface area (Å²) in [5.41, 5.74) is 2.20. The molecule has 2 aromatic rings. The van der Waals surface area contributed by atoms with Crippen molar-refractivity contribution in [3.8, 4) is 0 Å². The molecule has 0 aliphatic carbocycles. The highest BCUT2D eigenvalue weighted by Gasteiger charge is 2.15. The molecule has 2 heterocycles. The molecule has 0 amide bonds. The maximum Gasteiger partial charge on any atom is 0.229 e. The molecule has 0 unspecified atom stereocenters. The number of hydrogen-bond acceptors (Lipinski definition) is 6. The van der Waals surface area contributed by atoms with Gasteiger partial charge in [-0.1, -0.05) is 26.0 Å². The Morgan fingerprint density at radius 1 is 1.08 bits per heavy atom. The van der Waals surface area contributed by atoms with E-state index in [4.69, 9.17) is 9.72 Å². The number of anilines is 4. The molecule has 6 heteroatoms. The van der Waals surface area contributed by atoms with Gasteiger partial charge in [-0.3, -0.25) is 0 Å². The van der Waals surface area contributed by atoms with Crippen LogP contribution in [0.2, 0.25) is 0 Å². The summed E-state index contributed by atoms with van der Waals surface area (Å²) in [5.74, 6) is 1.62. The van der Waals surface area contributed by atoms with Crippen molar-refractivity contribution in [3.63, 3.8) is 0 Å². The Morgan fingerprint density at radius 3 is 2.54 bits per heavy atom. The van der Waals surface area contributed by atoms with E-state index in [2.05, 4.69) is 52.1 Å². The van der Waals surface area contributed by atoms with Crippen LogP contribution in [0.1, 0.15) is 26.7 Å². The quantitative estimate of drug-likeness (QED) is 0.779. The molecule has 0 radical (unpaired) electrons. The lowest BCUT2D eigenvalue weighted by Crippen LogP contribution is -2.36. The second-order valence-corrected chi connectivity index (χ2v) is 6.47. The first-order valence-electron chi connectivity index (χ1n) is 9.58. The van der Waals surface area contributed by atoms with Crippen molar-refractivity contribution >= 4 is 23.1 Å². The summed E-state index contributed by atoms with van der Waals surface area (Å²) in [5, 5.41) is 3.42. The smallest absolute Gasteiger partial charge is 0.229 e. The molecule has 0 saturated carbocycles. The molecule has 0 atom stereocenters. The minimum atomic E-state index is 0.639. The third-order valence-electron chi connectivity index (χ3n) is 4.45. The van der Waals surface area contributed by atoms with Gasteiger partial charge in [0.1, 0.15) is 5.82 Å². The Balaban J connectivity index is 1.80. The number of nitrogens with zero attached hydrogens (tertiary/aromatic N) is 4. The van der Waals surface area contributed by atoms with E-state index in [0.717, 1.165) is 63.7 Å². The topological polar surface area (TPSA) is 53.5 Å². The molecule has 26 heavy (non-hydrogen) atoms. The predicted octanol–water partition coefficient (Wildman–Crippen LogP) is 3.68. The van der Waals surface area contributed by atoms with Gasteiger partial charge in [0.25, 0.3) is 0 Å². The van der Waals surface area contributed by atoms with Crippen LogP contribution in [0.3, 0.4) is 0 Å². The molecule has 3 rings (SSSR count). The van der Waals surface area contributed by atoms with Gasteiger partial charge in [0.15, 0.2) is 0 Å². The van der Waals surface area contributed by atoms with Crippen molar-refractivity contribution in [2.75, 3.05) is 54.5 Å². The predicted molar refractivity (Wildman–Crippen MR) is 108 cm³/mol. The molecule has 1 fully saturated rings. The van der Waals surface area contributed by atoms with Crippen molar-refractivity contribution < 1.29 is 4.74 Å². The molecule has 0 bridgehead atoms. The van der Waals surface area contributed by atoms with Crippen LogP contribution in [0.15, 0.2) is 36.5 Å². The third-order valence-corrected chi connectivity index (χ3v) is 4.45. The van der Waals surface area contributed by atoms with Crippen molar-refractivity contribution in [2.45, 2.75) is 26.7 Å². The zero-order valence-electron chi connectivity index (χ0n) is 15.8. The van der Waals surface area contributed by atoms with Gasteiger partial charge in [-0.05, 0) is 31.0 Å². The molecule has 6 nitrogen and oxygen atoms in total. The van der Waals surface area contributed by atoms with Crippen LogP contribution >= 0.6 is 0 Å². The molecule has 140 valence electrons. The lowest BCUT2D eigenvalue weighted by atomic mass is 10.2. The molecule has 1 aliphatic heterocycles. The van der Waals surface area contributed by atoms with Gasteiger partial charge in [-0.25, -0.2) is 4.98 Å². The van der Waals surface area contributed by atoms with E-state index in [-0.39, 0.29) is 0 Å². The summed E-state index contributed by atoms with van der Waals surface area (Å²) >= 11 is 0. The van der Waals surface area contributed by atoms with E-state index in [1.54, 1.807) is 0 Å². The number of hydrogen-bond donors (Lipinski definition) is 1. The van der Waals surface area contributed by atoms with Gasteiger partial charge in [-0.2, -0.15) is 4.98 Å². The molecule has 1 N–H and O–H groups in total. The number of ether oxygens (including phenoxy) is 1. The van der Waals surface area contributed by atoms with Gasteiger partial charge in [0, 0.05) is 32.4 Å². The average Bonchev–Trinajstić information content (AvgIpc) is 2.69. The number of rotatable bonds is 8. The van der Waals surface area contributed by atoms with Gasteiger partial charge in [-0.15, -0.1) is 0 Å². The largest absolute Gasteiger partial charge is 0.378 e. The van der Waals surface area contributed by atoms with Gasteiger partial charge < -0.3 is 19.9 Å². The molecular weight excluding hydrogens is 326 g/mol. The van der Waals surface area contributed by atoms with Crippen LogP contribution in [-0.4, -0.2) is 49.4 Å². The molecule has 1 saturated heterocycles. The van der Waals surface area contributed by atoms with E-state index < -0.39 is 0 Å². The van der Waals surface area contributed by atoms with Gasteiger partial charge >= 0.3 is 0 Å². The number of para-hydroxylation sites is 2. The summed E-state index contributed by atoms with van der Waals surface area (Å²) in [6.45, 7) is 9.75. The SMILES string of the molecule is CCCN(CCC)c1ccnc(Nc2ccccc2N2CCOCC2)n1. The van der Waals surface area contributed by atoms with Crippen molar-refractivity contribution in [3.05, 3.63) is 36.5 Å². The first-order chi connectivity index (χ1) is 12.8. The van der Waals surface area contributed by atoms with Gasteiger partial charge in [0.2, 0.25) is 5.95 Å². The summed E-state index contributed by atoms with van der Waals surface area (Å²) < 4.78 is 5.48. The molecular formula is C20H29N5O. The van der Waals surface area contributed by atoms with Crippen molar-refractivity contribution in [2.24, 2.45) is 0 Å². The maximum atomic E-state index is 5.48. The summed E-state index contributed by atoms with van der Waals surface area (Å²) in [6, 6.07) is 10.3. The van der Waals surface area contributed by atoms with Crippen LogP contribution < -0.4 is 15.1 Å². The Labute approximate surface area is 156 Å². The van der Waals surface area contributed by atoms with Crippen LogP contribution in [0, 0.1) is 0 Å². The standard InChI is InChI=1S/C20H29N5O/c1-3-11-25(12-4-2)19-9-10-21-20(23-19)22-17-7-5-6-8-18(17)24-13-15-26-16-14-24/h5-10H,3-4,11-16H2,1-2H3,(H,21,22,23). The second-order valence-electron chi connectivity index (χ2n) is 6.47. The number of morpholine rings is 1. The zero-order chi connectivity index (χ0) is 18.2. The molecule has 1 aliphatic rings. The van der Waals surface area contributed by atoms with Crippen molar-refractivity contribution in [1.29, 1.82) is 0 Å². The highest BCUT2D eigenvalue weighted by Crippen LogP contribution is 2.28. The van der Waals surface area contributed by atoms with Gasteiger partial charge in [0.05, 0.1) is 24.6 Å². The summed E-state index contributed by atoms with van der Waals surface area (Å²) in [4.78, 5) is 13.8. The fourth-order valence-corrected chi connectivity index (χ4v) is 3.25. The molecule has 1 aromatic carbocycles. The fraction of sp³-hybridized carbons (Fsp3) is 0.500. The third kappa shape index (κ3) is 4.64. The number of benzene rings is 1. The van der Waals surface area contributed by atoms with E-state index >= 15 is 0 Å². The van der Waals surface area contributed by atoms with Crippen LogP contribution in [-0.2, 0) is 4.74 Å². The van der Waals surface area contributed by atoms with E-state index in [0.29, 0.717) is 5.95 Å². The lowest BCUT2D eigenvalue weighted by Gasteiger charge is -2.30. The van der Waals surface area contributed by atoms with Crippen LogP contribution in [0.25, 0.3) is 0 Å². The Kier molecular flexibility index (Phi) is 6.66. The Morgan fingerprint density at radius 2 is 1.81 bits per heavy atom. The monoisotopic (exact) mass is 355 g/mol. The average molecular weight is 355 g/mol. The molecule has 0 spiro atoms. The van der Waals surface area contributed by atoms with E-state index in [1.807, 2.05) is 18.3 Å². The summed E-state index contributed by atoms with van der Waals surface area (Å²) in [6.07, 6.45) is 4.04. The zero-order valence-corrected chi connectivity index (χ0v) is 15.8. The number of nitrogens with one attached hydrogen (secondary N) is 1. The highest BCUT2D eigenvalue weighted by atomic mass is 16.5. The number of aromatic nitrogens is 2. The van der Waals surface area contributed by atoms with Crippen LogP contribution in [0.5, 0.6) is 0 Å². The second kappa shape index (κ2) is 9.38. The Bertz CT molecular complexity index is 681. The van der Waals surface area contributed by atoms with E-state index in [9.17, 15) is 0 Å². The fourth-order valence-electron chi connectivity index (χ4n) is 3.25. The van der Waals surface area contributed by atoms with Crippen LogP contribution in [0.4, 0.5) is 23.1 Å². The Hall–Kier alpha value is -2.34. The van der Waals surface area contributed by atoms with Crippen molar-refractivity contribution in [1.82, 2.24) is 9.97 Å². The summed E-state index contributed by atoms with van der Waals surface area (Å²) in [7, 11) is 0. The lowest BCUT2D eigenvalue weighted by molar-refractivity contribution is 0.123. The van der Waals surface area contributed by atoms with E-state index in [1.165, 1.54) is 5.69 Å². The first kappa shape index (κ1) is 18.5. The molecule has 1 aromatic heterocycles. The minimum Gasteiger partial charge on any atom is -0.378 e.